The number of hydrogen-bond donors (Lipinski definition) is 0. The highest BCUT2D eigenvalue weighted by Crippen LogP contribution is 2.17. The zero-order chi connectivity index (χ0) is 20.1. The minimum atomic E-state index is 0.0347. The van der Waals surface area contributed by atoms with Crippen molar-refractivity contribution in [2.24, 2.45) is 0 Å². The highest BCUT2D eigenvalue weighted by molar-refractivity contribution is 6.08. The van der Waals surface area contributed by atoms with Crippen molar-refractivity contribution in [3.05, 3.63) is 131 Å². The first kappa shape index (κ1) is 18.4. The van der Waals surface area contributed by atoms with Crippen LogP contribution in [-0.2, 0) is 0 Å². The molecule has 5 rings (SSSR count). The Morgan fingerprint density at radius 3 is 1.34 bits per heavy atom. The van der Waals surface area contributed by atoms with Crippen molar-refractivity contribution in [3.8, 4) is 0 Å². The number of benzene rings is 4. The Labute approximate surface area is 167 Å². The van der Waals surface area contributed by atoms with E-state index in [0.29, 0.717) is 21.9 Å². The van der Waals surface area contributed by atoms with Gasteiger partial charge < -0.3 is 4.42 Å². The molecule has 0 aliphatic carbocycles. The molecule has 0 bridgehead atoms. The molecule has 0 saturated heterocycles. The molecule has 0 N–H and O–H groups in total. The third kappa shape index (κ3) is 3.99. The standard InChI is InChI=1S/C13H8O2.C13H10O/c14-13-9-5-1-3-7-11(9)15-12-8-4-2-6-10(12)13;14-13(11-7-3-1-4-8-11)12-9-5-2-6-10-12/h1-8H;1-10H. The second kappa shape index (κ2) is 8.36. The largest absolute Gasteiger partial charge is 0.456 e. The molecular formula is C26H18O3. The van der Waals surface area contributed by atoms with Crippen LogP contribution in [0.4, 0.5) is 0 Å². The lowest BCUT2D eigenvalue weighted by atomic mass is 10.0. The smallest absolute Gasteiger partial charge is 0.200 e. The fourth-order valence-electron chi connectivity index (χ4n) is 3.10. The van der Waals surface area contributed by atoms with Gasteiger partial charge in [0.25, 0.3) is 0 Å². The average Bonchev–Trinajstić information content (AvgIpc) is 2.80. The summed E-state index contributed by atoms with van der Waals surface area (Å²) in [4.78, 5) is 23.9. The Hall–Kier alpha value is -3.98. The molecule has 0 unspecified atom stereocenters. The van der Waals surface area contributed by atoms with E-state index in [2.05, 4.69) is 0 Å². The van der Waals surface area contributed by atoms with Crippen LogP contribution in [0.15, 0.2) is 118 Å². The van der Waals surface area contributed by atoms with Gasteiger partial charge in [-0.1, -0.05) is 84.9 Å². The van der Waals surface area contributed by atoms with Gasteiger partial charge in [0.05, 0.1) is 10.8 Å². The van der Waals surface area contributed by atoms with E-state index in [0.717, 1.165) is 11.1 Å². The first-order valence-corrected chi connectivity index (χ1v) is 9.29. The molecule has 1 aromatic heterocycles. The van der Waals surface area contributed by atoms with Crippen LogP contribution in [0.2, 0.25) is 0 Å². The number of hydrogen-bond acceptors (Lipinski definition) is 3. The SMILES string of the molecule is O=C(c1ccccc1)c1ccccc1.O=c1c2ccccc2oc2ccccc12. The molecule has 140 valence electrons. The number of fused-ring (bicyclic) bond motifs is 2. The summed E-state index contributed by atoms with van der Waals surface area (Å²) in [5.41, 5.74) is 2.78. The lowest BCUT2D eigenvalue weighted by Gasteiger charge is -1.99. The molecule has 5 aromatic rings. The predicted molar refractivity (Wildman–Crippen MR) is 116 cm³/mol. The summed E-state index contributed by atoms with van der Waals surface area (Å²) in [6, 6.07) is 33.2. The molecule has 0 fully saturated rings. The van der Waals surface area contributed by atoms with Gasteiger partial charge >= 0.3 is 0 Å². The van der Waals surface area contributed by atoms with Gasteiger partial charge in [0.2, 0.25) is 5.43 Å². The zero-order valence-corrected chi connectivity index (χ0v) is 15.6. The molecule has 0 atom stereocenters. The van der Waals surface area contributed by atoms with Gasteiger partial charge in [0, 0.05) is 11.1 Å². The number of rotatable bonds is 2. The molecule has 0 aliphatic rings. The van der Waals surface area contributed by atoms with Gasteiger partial charge in [-0.05, 0) is 24.3 Å². The Morgan fingerprint density at radius 1 is 0.517 bits per heavy atom. The Morgan fingerprint density at radius 2 is 0.897 bits per heavy atom. The first-order chi connectivity index (χ1) is 14.2. The maximum Gasteiger partial charge on any atom is 0.200 e. The Balaban J connectivity index is 0.000000142. The quantitative estimate of drug-likeness (QED) is 0.285. The van der Waals surface area contributed by atoms with E-state index in [4.69, 9.17) is 4.42 Å². The normalized spacial score (nSPS) is 10.3. The molecule has 0 radical (unpaired) electrons. The predicted octanol–water partition coefficient (Wildman–Crippen LogP) is 5.86. The van der Waals surface area contributed by atoms with E-state index in [1.807, 2.05) is 97.1 Å². The molecular weight excluding hydrogens is 360 g/mol. The number of para-hydroxylation sites is 2. The first-order valence-electron chi connectivity index (χ1n) is 9.29. The Bertz CT molecular complexity index is 1220. The number of carbonyl (C=O) groups excluding carboxylic acids is 1. The number of ketones is 1. The second-order valence-corrected chi connectivity index (χ2v) is 6.48. The monoisotopic (exact) mass is 378 g/mol. The lowest BCUT2D eigenvalue weighted by Crippen LogP contribution is -2.01. The molecule has 3 heteroatoms. The van der Waals surface area contributed by atoms with Gasteiger partial charge in [-0.3, -0.25) is 9.59 Å². The van der Waals surface area contributed by atoms with E-state index in [-0.39, 0.29) is 11.2 Å². The van der Waals surface area contributed by atoms with Crippen molar-refractivity contribution >= 4 is 27.7 Å². The van der Waals surface area contributed by atoms with Gasteiger partial charge in [-0.25, -0.2) is 0 Å². The number of carbonyl (C=O) groups is 1. The highest BCUT2D eigenvalue weighted by Gasteiger charge is 2.06. The summed E-state index contributed by atoms with van der Waals surface area (Å²) in [7, 11) is 0. The van der Waals surface area contributed by atoms with Crippen molar-refractivity contribution in [3.63, 3.8) is 0 Å². The van der Waals surface area contributed by atoms with Crippen molar-refractivity contribution in [2.75, 3.05) is 0 Å². The van der Waals surface area contributed by atoms with Gasteiger partial charge in [-0.15, -0.1) is 0 Å². The van der Waals surface area contributed by atoms with E-state index >= 15 is 0 Å². The van der Waals surface area contributed by atoms with Crippen LogP contribution in [-0.4, -0.2) is 5.78 Å². The van der Waals surface area contributed by atoms with Crippen LogP contribution in [0.3, 0.4) is 0 Å². The van der Waals surface area contributed by atoms with Crippen LogP contribution in [0.25, 0.3) is 21.9 Å². The second-order valence-electron chi connectivity index (χ2n) is 6.48. The zero-order valence-electron chi connectivity index (χ0n) is 15.6. The maximum atomic E-state index is 12.0. The molecule has 1 heterocycles. The summed E-state index contributed by atoms with van der Waals surface area (Å²) < 4.78 is 5.63. The van der Waals surface area contributed by atoms with Crippen molar-refractivity contribution < 1.29 is 9.21 Å². The van der Waals surface area contributed by atoms with Gasteiger partial charge in [0.15, 0.2) is 5.78 Å². The maximum absolute atomic E-state index is 12.0. The minimum Gasteiger partial charge on any atom is -0.456 e. The summed E-state index contributed by atoms with van der Waals surface area (Å²) >= 11 is 0. The van der Waals surface area contributed by atoms with Gasteiger partial charge in [-0.2, -0.15) is 0 Å². The van der Waals surface area contributed by atoms with E-state index in [9.17, 15) is 9.59 Å². The third-order valence-electron chi connectivity index (χ3n) is 4.56. The van der Waals surface area contributed by atoms with Crippen molar-refractivity contribution in [1.82, 2.24) is 0 Å². The van der Waals surface area contributed by atoms with Crippen molar-refractivity contribution in [1.29, 1.82) is 0 Å². The van der Waals surface area contributed by atoms with E-state index < -0.39 is 0 Å². The van der Waals surface area contributed by atoms with Crippen LogP contribution in [0, 0.1) is 0 Å². The molecule has 0 saturated carbocycles. The van der Waals surface area contributed by atoms with Crippen LogP contribution >= 0.6 is 0 Å². The summed E-state index contributed by atoms with van der Waals surface area (Å²) in [6.07, 6.45) is 0. The third-order valence-corrected chi connectivity index (χ3v) is 4.56. The summed E-state index contributed by atoms with van der Waals surface area (Å²) in [5, 5.41) is 1.27. The molecule has 29 heavy (non-hydrogen) atoms. The topological polar surface area (TPSA) is 47.3 Å². The van der Waals surface area contributed by atoms with E-state index in [1.54, 1.807) is 12.1 Å². The summed E-state index contributed by atoms with van der Waals surface area (Å²) in [6.45, 7) is 0. The Kier molecular flexibility index (Phi) is 5.30. The fourth-order valence-corrected chi connectivity index (χ4v) is 3.10. The molecule has 0 spiro atoms. The molecule has 4 aromatic carbocycles. The van der Waals surface area contributed by atoms with Crippen LogP contribution < -0.4 is 5.43 Å². The van der Waals surface area contributed by atoms with Crippen LogP contribution in [0.5, 0.6) is 0 Å². The average molecular weight is 378 g/mol. The lowest BCUT2D eigenvalue weighted by molar-refractivity contribution is 0.103. The minimum absolute atomic E-state index is 0.0347. The van der Waals surface area contributed by atoms with Crippen molar-refractivity contribution in [2.45, 2.75) is 0 Å². The fraction of sp³-hybridized carbons (Fsp3) is 0. The highest BCUT2D eigenvalue weighted by atomic mass is 16.3. The van der Waals surface area contributed by atoms with Gasteiger partial charge in [0.1, 0.15) is 11.2 Å². The molecule has 3 nitrogen and oxygen atoms in total. The molecule has 0 amide bonds. The van der Waals surface area contributed by atoms with Crippen LogP contribution in [0.1, 0.15) is 15.9 Å². The summed E-state index contributed by atoms with van der Waals surface area (Å²) in [5.74, 6) is 0.0752. The van der Waals surface area contributed by atoms with E-state index in [1.165, 1.54) is 0 Å². The molecule has 0 aliphatic heterocycles.